The molecule has 0 aliphatic rings. The van der Waals surface area contributed by atoms with Crippen LogP contribution in [-0.2, 0) is 20.0 Å². The highest BCUT2D eigenvalue weighted by molar-refractivity contribution is 14.1. The molecule has 0 atom stereocenters. The third-order valence-corrected chi connectivity index (χ3v) is 3.92. The van der Waals surface area contributed by atoms with Crippen LogP contribution >= 0.6 is 34.2 Å². The van der Waals surface area contributed by atoms with Gasteiger partial charge in [0, 0.05) is 19.8 Å². The number of rotatable bonds is 3. The van der Waals surface area contributed by atoms with Crippen LogP contribution in [0.5, 0.6) is 0 Å². The third kappa shape index (κ3) is 2.86. The van der Waals surface area contributed by atoms with E-state index in [0.717, 1.165) is 12.0 Å². The van der Waals surface area contributed by atoms with Gasteiger partial charge in [0.05, 0.1) is 12.5 Å². The molecule has 2 aromatic rings. The second kappa shape index (κ2) is 5.18. The zero-order valence-corrected chi connectivity index (χ0v) is 12.0. The summed E-state index contributed by atoms with van der Waals surface area (Å²) < 4.78 is 3.75. The fourth-order valence-electron chi connectivity index (χ4n) is 1.45. The molecule has 2 heterocycles. The smallest absolute Gasteiger partial charge is 0.268 e. The predicted molar refractivity (Wildman–Crippen MR) is 73.1 cm³/mol. The summed E-state index contributed by atoms with van der Waals surface area (Å²) >= 11 is 7.67. The molecule has 0 aromatic carbocycles. The van der Waals surface area contributed by atoms with Crippen LogP contribution in [-0.4, -0.2) is 19.3 Å². The summed E-state index contributed by atoms with van der Waals surface area (Å²) in [5, 5.41) is 4.33. The Morgan fingerprint density at radius 2 is 2.29 bits per heavy atom. The van der Waals surface area contributed by atoms with Gasteiger partial charge in [-0.3, -0.25) is 14.0 Å². The molecule has 0 aliphatic heterocycles. The standard InChI is InChI=1S/C10H10ClIN4O/c1-15-5-7(4-14-15)2-3-16-6-13-9(11)8(12)10(16)17/h4-6H,2-3H2,1H3. The van der Waals surface area contributed by atoms with E-state index in [0.29, 0.717) is 10.1 Å². The van der Waals surface area contributed by atoms with Crippen molar-refractivity contribution in [3.63, 3.8) is 0 Å². The zero-order chi connectivity index (χ0) is 12.4. The number of aryl methyl sites for hydroxylation is 3. The molecule has 0 unspecified atom stereocenters. The molecule has 0 fully saturated rings. The second-order valence-electron chi connectivity index (χ2n) is 3.62. The average molecular weight is 365 g/mol. The molecule has 2 aromatic heterocycles. The summed E-state index contributed by atoms with van der Waals surface area (Å²) in [6, 6.07) is 0. The molecule has 0 saturated heterocycles. The van der Waals surface area contributed by atoms with Crippen LogP contribution in [0.25, 0.3) is 0 Å². The Labute approximate surface area is 117 Å². The maximum absolute atomic E-state index is 11.8. The van der Waals surface area contributed by atoms with Crippen molar-refractivity contribution in [2.24, 2.45) is 7.05 Å². The highest BCUT2D eigenvalue weighted by Crippen LogP contribution is 2.09. The van der Waals surface area contributed by atoms with E-state index in [-0.39, 0.29) is 10.7 Å². The van der Waals surface area contributed by atoms with Crippen LogP contribution in [0.3, 0.4) is 0 Å². The summed E-state index contributed by atoms with van der Waals surface area (Å²) in [4.78, 5) is 15.8. The summed E-state index contributed by atoms with van der Waals surface area (Å²) in [6.45, 7) is 0.574. The van der Waals surface area contributed by atoms with Crippen LogP contribution < -0.4 is 5.56 Å². The largest absolute Gasteiger partial charge is 0.298 e. The molecule has 0 bridgehead atoms. The number of hydrogen-bond acceptors (Lipinski definition) is 3. The van der Waals surface area contributed by atoms with Crippen molar-refractivity contribution in [3.8, 4) is 0 Å². The topological polar surface area (TPSA) is 52.7 Å². The fourth-order valence-corrected chi connectivity index (χ4v) is 2.03. The molecule has 7 heteroatoms. The van der Waals surface area contributed by atoms with Gasteiger partial charge < -0.3 is 0 Å². The first kappa shape index (κ1) is 12.6. The third-order valence-electron chi connectivity index (χ3n) is 2.34. The zero-order valence-electron chi connectivity index (χ0n) is 9.10. The lowest BCUT2D eigenvalue weighted by Gasteiger charge is -2.04. The lowest BCUT2D eigenvalue weighted by Crippen LogP contribution is -2.24. The maximum atomic E-state index is 11.8. The molecule has 0 spiro atoms. The average Bonchev–Trinajstić information content (AvgIpc) is 2.71. The van der Waals surface area contributed by atoms with Crippen molar-refractivity contribution >= 4 is 34.2 Å². The van der Waals surface area contributed by atoms with Crippen molar-refractivity contribution in [1.82, 2.24) is 19.3 Å². The van der Waals surface area contributed by atoms with Gasteiger partial charge in [0.2, 0.25) is 0 Å². The highest BCUT2D eigenvalue weighted by Gasteiger charge is 2.07. The van der Waals surface area contributed by atoms with E-state index in [4.69, 9.17) is 11.6 Å². The van der Waals surface area contributed by atoms with Crippen LogP contribution in [0, 0.1) is 3.57 Å². The quantitative estimate of drug-likeness (QED) is 0.612. The van der Waals surface area contributed by atoms with Crippen LogP contribution in [0.2, 0.25) is 5.15 Å². The van der Waals surface area contributed by atoms with Crippen molar-refractivity contribution in [2.75, 3.05) is 0 Å². The van der Waals surface area contributed by atoms with E-state index < -0.39 is 0 Å². The molecular weight excluding hydrogens is 354 g/mol. The number of nitrogens with zero attached hydrogens (tertiary/aromatic N) is 4. The van der Waals surface area contributed by atoms with E-state index in [9.17, 15) is 4.79 Å². The first-order chi connectivity index (χ1) is 8.08. The van der Waals surface area contributed by atoms with Gasteiger partial charge in [0.25, 0.3) is 5.56 Å². The lowest BCUT2D eigenvalue weighted by molar-refractivity contribution is 0.650. The van der Waals surface area contributed by atoms with Gasteiger partial charge in [-0.15, -0.1) is 0 Å². The first-order valence-corrected chi connectivity index (χ1v) is 6.41. The van der Waals surface area contributed by atoms with E-state index in [1.807, 2.05) is 35.8 Å². The normalized spacial score (nSPS) is 10.8. The van der Waals surface area contributed by atoms with E-state index in [1.54, 1.807) is 15.4 Å². The van der Waals surface area contributed by atoms with Gasteiger partial charge in [-0.1, -0.05) is 11.6 Å². The number of hydrogen-bond donors (Lipinski definition) is 0. The van der Waals surface area contributed by atoms with Crippen molar-refractivity contribution < 1.29 is 0 Å². The summed E-state index contributed by atoms with van der Waals surface area (Å²) in [5.41, 5.74) is 0.985. The molecule has 2 rings (SSSR count). The SMILES string of the molecule is Cn1cc(CCn2cnc(Cl)c(I)c2=O)cn1. The summed E-state index contributed by atoms with van der Waals surface area (Å²) in [6.07, 6.45) is 5.94. The predicted octanol–water partition coefficient (Wildman–Crippen LogP) is 1.48. The minimum atomic E-state index is -0.102. The molecule has 0 radical (unpaired) electrons. The first-order valence-electron chi connectivity index (χ1n) is 4.96. The van der Waals surface area contributed by atoms with E-state index in [2.05, 4.69) is 10.1 Å². The van der Waals surface area contributed by atoms with Crippen LogP contribution in [0.4, 0.5) is 0 Å². The Morgan fingerprint density at radius 1 is 1.53 bits per heavy atom. The van der Waals surface area contributed by atoms with Crippen LogP contribution in [0.15, 0.2) is 23.5 Å². The van der Waals surface area contributed by atoms with E-state index >= 15 is 0 Å². The highest BCUT2D eigenvalue weighted by atomic mass is 127. The van der Waals surface area contributed by atoms with Gasteiger partial charge in [-0.25, -0.2) is 4.98 Å². The van der Waals surface area contributed by atoms with Crippen molar-refractivity contribution in [3.05, 3.63) is 43.4 Å². The number of halogens is 2. The van der Waals surface area contributed by atoms with E-state index in [1.165, 1.54) is 6.33 Å². The van der Waals surface area contributed by atoms with Gasteiger partial charge in [-0.2, -0.15) is 5.10 Å². The Morgan fingerprint density at radius 3 is 2.94 bits per heavy atom. The van der Waals surface area contributed by atoms with Gasteiger partial charge >= 0.3 is 0 Å². The summed E-state index contributed by atoms with van der Waals surface area (Å²) in [7, 11) is 1.86. The molecule has 0 aliphatic carbocycles. The minimum absolute atomic E-state index is 0.102. The number of aromatic nitrogens is 4. The van der Waals surface area contributed by atoms with Gasteiger partial charge in [-0.05, 0) is 34.6 Å². The Bertz CT molecular complexity index is 592. The Kier molecular flexibility index (Phi) is 3.82. The fraction of sp³-hybridized carbons (Fsp3) is 0.300. The maximum Gasteiger partial charge on any atom is 0.268 e. The van der Waals surface area contributed by atoms with Gasteiger partial charge in [0.1, 0.15) is 8.72 Å². The Hall–Kier alpha value is -0.890. The summed E-state index contributed by atoms with van der Waals surface area (Å²) in [5.74, 6) is 0. The lowest BCUT2D eigenvalue weighted by atomic mass is 10.2. The molecule has 90 valence electrons. The second-order valence-corrected chi connectivity index (χ2v) is 5.06. The Balaban J connectivity index is 2.15. The molecule has 0 saturated carbocycles. The van der Waals surface area contributed by atoms with Crippen LogP contribution in [0.1, 0.15) is 5.56 Å². The van der Waals surface area contributed by atoms with Gasteiger partial charge in [0.15, 0.2) is 0 Å². The molecular formula is C10H10ClIN4O. The van der Waals surface area contributed by atoms with Crippen molar-refractivity contribution in [2.45, 2.75) is 13.0 Å². The minimum Gasteiger partial charge on any atom is -0.298 e. The molecule has 0 amide bonds. The van der Waals surface area contributed by atoms with Crippen molar-refractivity contribution in [1.29, 1.82) is 0 Å². The molecule has 0 N–H and O–H groups in total. The molecule has 5 nitrogen and oxygen atoms in total. The monoisotopic (exact) mass is 364 g/mol. The molecule has 17 heavy (non-hydrogen) atoms.